The number of carbonyl (C=O) groups excluding carboxylic acids is 6. The fourth-order valence-electron chi connectivity index (χ4n) is 16.9. The normalized spacial score (nSPS) is 14.7. The van der Waals surface area contributed by atoms with E-state index in [4.69, 9.17) is 37.6 Å². The molecule has 15 rings (SSSR count). The number of nitrogens with zero attached hydrogens (tertiary/aromatic N) is 2. The zero-order valence-electron chi connectivity index (χ0n) is 85.8. The van der Waals surface area contributed by atoms with Gasteiger partial charge >= 0.3 is 47.5 Å². The number of aliphatic hydroxyl groups is 1. The molecular formula is C120H159BBrN3NaO15Si. The minimum Gasteiger partial charge on any atom is -1.00 e. The van der Waals surface area contributed by atoms with Crippen LogP contribution in [0.2, 0.25) is 19.6 Å². The molecule has 5 fully saturated rings. The first-order valence-corrected chi connectivity index (χ1v) is 52.9. The van der Waals surface area contributed by atoms with Crippen molar-refractivity contribution in [2.24, 2.45) is 11.8 Å². The second-order valence-electron chi connectivity index (χ2n) is 38.8. The van der Waals surface area contributed by atoms with Gasteiger partial charge in [-0.3, -0.25) is 28.8 Å². The van der Waals surface area contributed by atoms with Crippen LogP contribution in [-0.2, 0) is 68.2 Å². The number of allylic oxidation sites excluding steroid dienone is 1. The number of methoxy groups -OCH3 is 4. The Morgan fingerprint density at radius 3 is 0.951 bits per heavy atom. The third-order valence-corrected chi connectivity index (χ3v) is 27.1. The first-order chi connectivity index (χ1) is 65.8. The summed E-state index contributed by atoms with van der Waals surface area (Å²) in [5, 5.41) is 14.1. The zero-order valence-corrected chi connectivity index (χ0v) is 89.4. The van der Waals surface area contributed by atoms with E-state index in [1.165, 1.54) is 54.7 Å². The molecule has 18 nitrogen and oxygen atoms in total. The van der Waals surface area contributed by atoms with Crippen molar-refractivity contribution in [3.8, 4) is 0 Å². The van der Waals surface area contributed by atoms with E-state index in [2.05, 4.69) is 208 Å². The molecule has 3 heterocycles. The molecule has 759 valence electrons. The Morgan fingerprint density at radius 2 is 0.676 bits per heavy atom. The molecule has 0 amide bonds. The maximum Gasteiger partial charge on any atom is 1.00 e. The smallest absolute Gasteiger partial charge is 1.00 e. The molecule has 2 saturated carbocycles. The Hall–Kier alpha value is -9.56. The number of likely N-dealkylation sites (tertiary alicyclic amines) is 2. The predicted octanol–water partition coefficient (Wildman–Crippen LogP) is 23.3. The second kappa shape index (κ2) is 61.7. The summed E-state index contributed by atoms with van der Waals surface area (Å²) in [6.07, 6.45) is 13.6. The molecule has 10 aromatic rings. The van der Waals surface area contributed by atoms with E-state index in [9.17, 15) is 33.9 Å². The van der Waals surface area contributed by atoms with Crippen LogP contribution in [0.3, 0.4) is 0 Å². The molecule has 1 atom stereocenters. The van der Waals surface area contributed by atoms with Gasteiger partial charge < -0.3 is 59.2 Å². The van der Waals surface area contributed by atoms with E-state index >= 15 is 0 Å². The molecule has 3 radical (unpaired) electrons. The summed E-state index contributed by atoms with van der Waals surface area (Å²) in [7, 11) is 4.34. The van der Waals surface area contributed by atoms with Crippen LogP contribution in [-0.4, -0.2) is 166 Å². The number of nitrogens with one attached hydrogen (secondary N) is 1. The van der Waals surface area contributed by atoms with Crippen LogP contribution in [0.25, 0.3) is 0 Å². The summed E-state index contributed by atoms with van der Waals surface area (Å²) in [6.45, 7) is 29.3. The molecule has 3 saturated heterocycles. The van der Waals surface area contributed by atoms with Gasteiger partial charge in [0, 0.05) is 79.6 Å². The van der Waals surface area contributed by atoms with Gasteiger partial charge in [0.1, 0.15) is 18.3 Å². The number of rotatable bonds is 35. The number of carbonyl (C=O) groups is 6. The minimum absolute atomic E-state index is 0. The maximum atomic E-state index is 12.8. The van der Waals surface area contributed by atoms with Crippen LogP contribution in [0.15, 0.2) is 295 Å². The zero-order chi connectivity index (χ0) is 98.5. The third kappa shape index (κ3) is 38.8. The van der Waals surface area contributed by atoms with Gasteiger partial charge in [-0.25, -0.2) is 0 Å². The first-order valence-electron chi connectivity index (χ1n) is 48.7. The molecule has 0 bridgehead atoms. The number of hydrogen-bond donors (Lipinski definition) is 2. The van der Waals surface area contributed by atoms with Crippen molar-refractivity contribution in [1.82, 2.24) is 15.1 Å². The van der Waals surface area contributed by atoms with Crippen LogP contribution in [0.4, 0.5) is 0 Å². The van der Waals surface area contributed by atoms with Gasteiger partial charge in [0.25, 0.3) is 5.95 Å². The Labute approximate surface area is 885 Å². The SMILES string of the molecule is C.C.C.COC(=O)C(C)(C)c1ccc(C(=O)C2CC2)cc1.COC(=O)C(C)(C)c1ccc(C(=O)CCCN2CCC(OC(c3ccccc3)c3ccccc3)CC2)cc1.COC(=O)C(C)(C)c1ccc(C(O)CCCN2CCC(OC(c3ccccc3)c3ccccc3)CC2)cc1.COC(O[Si](C)(C)C)=C(C)C.O=C(c1ccc(Br)cc1)C1CC1.[B].[H-].[Na+].c1ccc(C(OC2CCNCC2)c2ccccc2)cc1. The molecular weight excluding hydrogens is 1870 g/mol. The summed E-state index contributed by atoms with van der Waals surface area (Å²) in [6, 6.07) is 92.8. The predicted molar refractivity (Wildman–Crippen MR) is 580 cm³/mol. The molecule has 2 aliphatic carbocycles. The van der Waals surface area contributed by atoms with Crippen LogP contribution in [0.5, 0.6) is 0 Å². The fourth-order valence-corrected chi connectivity index (χ4v) is 18.0. The number of ether oxygens (including phenoxy) is 7. The number of Topliss-reactive ketones (excluding diaryl/α,β-unsaturated/α-hetero) is 3. The average Bonchev–Trinajstić information content (AvgIpc) is 1.17. The molecule has 1 unspecified atom stereocenters. The molecule has 3 aliphatic heterocycles. The molecule has 0 aromatic heterocycles. The van der Waals surface area contributed by atoms with Crippen LogP contribution >= 0.6 is 15.9 Å². The van der Waals surface area contributed by atoms with Gasteiger partial charge in [-0.2, -0.15) is 0 Å². The molecule has 2 N–H and O–H groups in total. The molecule has 22 heteroatoms. The number of hydrogen-bond acceptors (Lipinski definition) is 18. The Morgan fingerprint density at radius 1 is 0.394 bits per heavy atom. The number of halogens is 1. The van der Waals surface area contributed by atoms with Crippen molar-refractivity contribution in [3.05, 3.63) is 367 Å². The Kier molecular flexibility index (Phi) is 53.4. The topological polar surface area (TPSA) is 215 Å². The largest absolute Gasteiger partial charge is 1.00 e. The van der Waals surface area contributed by atoms with Crippen LogP contribution in [0.1, 0.15) is 280 Å². The van der Waals surface area contributed by atoms with E-state index < -0.39 is 30.7 Å². The van der Waals surface area contributed by atoms with Gasteiger partial charge in [0.05, 0.1) is 69.1 Å². The number of benzene rings is 10. The summed E-state index contributed by atoms with van der Waals surface area (Å²) >= 11 is 3.34. The minimum atomic E-state index is -1.49. The van der Waals surface area contributed by atoms with Gasteiger partial charge in [-0.15, -0.1) is 0 Å². The van der Waals surface area contributed by atoms with Crippen LogP contribution in [0, 0.1) is 11.8 Å². The standard InChI is InChI=1S/C33H41NO4.C33H39NO4.C18H21NO.C15H18O3.C10H9BrO.C8H18O2Si.3CH4.B.Na.H/c2*1-33(2,32(36)37-3)28-18-16-25(17-19-28)30(35)15-10-22-34-23-20-29(21-24-34)38-31(26-11-6-4-7-12-26)27-13-8-5-9-14-27;1-3-7-15(8-4-1)18(16-9-5-2-6-10-16)20-17-11-13-19-14-12-17;1-15(2,14(17)18-3)12-8-6-11(7-9-12)13(16)10-4-5-10;11-9-5-3-8(4-6-9)10(12)7-1-2-7;1-7(2)8(9-3)10-11(4,5)6;;;;;;/h4-9,11-14,16-19,29-31,35H,10,15,20-24H2,1-3H3;4-9,11-14,16-19,29,31H,10,15,20-24H2,1-3H3;1-10,17-19H,11-14H2;6-10H,4-5H2,1-3H3;3-7H,1-2H2;1-6H3;3*1H4;;;/q;;;;;;;;;;+1;-1. The third-order valence-electron chi connectivity index (χ3n) is 25.7. The van der Waals surface area contributed by atoms with E-state index in [0.29, 0.717) is 42.2 Å². The van der Waals surface area contributed by atoms with E-state index in [1.54, 1.807) is 19.2 Å². The molecule has 5 aliphatic rings. The number of esters is 3. The average molecular weight is 2030 g/mol. The summed E-state index contributed by atoms with van der Waals surface area (Å²) in [5.41, 5.74) is 11.9. The second-order valence-corrected chi connectivity index (χ2v) is 44.2. The Bertz CT molecular complexity index is 5230. The van der Waals surface area contributed by atoms with Gasteiger partial charge in [0.2, 0.25) is 8.32 Å². The van der Waals surface area contributed by atoms with Gasteiger partial charge in [-0.1, -0.05) is 305 Å². The van der Waals surface area contributed by atoms with Gasteiger partial charge in [0.15, 0.2) is 17.3 Å². The quantitative estimate of drug-likeness (QED) is 0.0124. The summed E-state index contributed by atoms with van der Waals surface area (Å²) < 4.78 is 46.1. The van der Waals surface area contributed by atoms with E-state index in [1.807, 2.05) is 165 Å². The van der Waals surface area contributed by atoms with E-state index in [0.717, 1.165) is 173 Å². The summed E-state index contributed by atoms with van der Waals surface area (Å²) in [5.74, 6) is 1.07. The number of ketones is 3. The van der Waals surface area contributed by atoms with Crippen LogP contribution < -0.4 is 34.9 Å². The molecule has 142 heavy (non-hydrogen) atoms. The number of aliphatic hydroxyl groups excluding tert-OH is 1. The van der Waals surface area contributed by atoms with Gasteiger partial charge in [-0.05, 0) is 252 Å². The van der Waals surface area contributed by atoms with Crippen molar-refractivity contribution >= 4 is 67.9 Å². The van der Waals surface area contributed by atoms with Crippen molar-refractivity contribution < 1.29 is 102 Å². The summed E-state index contributed by atoms with van der Waals surface area (Å²) in [4.78, 5) is 76.8. The maximum absolute atomic E-state index is 12.8. The van der Waals surface area contributed by atoms with Crippen molar-refractivity contribution in [3.63, 3.8) is 0 Å². The van der Waals surface area contributed by atoms with Crippen molar-refractivity contribution in [2.75, 3.05) is 80.8 Å². The monoisotopic (exact) mass is 2020 g/mol. The fraction of sp³-hybridized carbons (Fsp3) is 0.433. The van der Waals surface area contributed by atoms with Crippen molar-refractivity contribution in [1.29, 1.82) is 0 Å². The Balaban J connectivity index is 0.000000376. The molecule has 0 spiro atoms. The number of piperidine rings is 3. The molecule has 10 aromatic carbocycles. The first kappa shape index (κ1) is 123. The van der Waals surface area contributed by atoms with E-state index in [-0.39, 0.29) is 128 Å². The van der Waals surface area contributed by atoms with Crippen molar-refractivity contribution in [2.45, 2.75) is 246 Å².